The van der Waals surface area contributed by atoms with E-state index >= 15 is 0 Å². The molecule has 3 N–H and O–H groups in total. The van der Waals surface area contributed by atoms with Gasteiger partial charge in [0.05, 0.1) is 5.00 Å². The molecule has 1 aliphatic heterocycles. The number of piperidine rings is 1. The van der Waals surface area contributed by atoms with E-state index in [1.54, 1.807) is 0 Å². The molecule has 164 valence electrons. The number of halogens is 1. The summed E-state index contributed by atoms with van der Waals surface area (Å²) >= 11 is 1.81. The molecule has 30 heavy (non-hydrogen) atoms. The zero-order valence-corrected chi connectivity index (χ0v) is 20.8. The number of thiophene rings is 1. The highest BCUT2D eigenvalue weighted by Gasteiger charge is 2.20. The number of hydrogen-bond acceptors (Lipinski definition) is 4. The molecule has 8 heteroatoms. The summed E-state index contributed by atoms with van der Waals surface area (Å²) in [5, 5.41) is 13.4. The topological polar surface area (TPSA) is 68.8 Å². The maximum Gasteiger partial charge on any atom is 0.224 e. The summed E-state index contributed by atoms with van der Waals surface area (Å²) in [6, 6.07) is 12.7. The van der Waals surface area contributed by atoms with Gasteiger partial charge in [-0.1, -0.05) is 19.1 Å². The first-order valence-corrected chi connectivity index (χ1v) is 11.2. The van der Waals surface area contributed by atoms with Crippen molar-refractivity contribution in [3.05, 3.63) is 47.3 Å². The van der Waals surface area contributed by atoms with Gasteiger partial charge >= 0.3 is 0 Å². The van der Waals surface area contributed by atoms with Gasteiger partial charge in [0.15, 0.2) is 5.96 Å². The highest BCUT2D eigenvalue weighted by atomic mass is 127. The summed E-state index contributed by atoms with van der Waals surface area (Å²) in [4.78, 5) is 18.5. The lowest BCUT2D eigenvalue weighted by molar-refractivity contribution is -0.116. The number of anilines is 2. The van der Waals surface area contributed by atoms with Crippen molar-refractivity contribution in [2.75, 3.05) is 30.4 Å². The predicted octanol–water partition coefficient (Wildman–Crippen LogP) is 4.44. The molecule has 1 amide bonds. The number of nitrogens with one attached hydrogen (secondary N) is 3. The third-order valence-corrected chi connectivity index (χ3v) is 5.98. The Morgan fingerprint density at radius 3 is 2.53 bits per heavy atom. The van der Waals surface area contributed by atoms with Crippen LogP contribution >= 0.6 is 35.3 Å². The van der Waals surface area contributed by atoms with Crippen LogP contribution in [0.25, 0.3) is 0 Å². The largest absolute Gasteiger partial charge is 0.363 e. The maximum absolute atomic E-state index is 11.7. The van der Waals surface area contributed by atoms with Crippen LogP contribution < -0.4 is 20.9 Å². The molecule has 0 unspecified atom stereocenters. The first kappa shape index (κ1) is 24.5. The molecular weight excluding hydrogens is 509 g/mol. The van der Waals surface area contributed by atoms with Crippen LogP contribution in [0.2, 0.25) is 0 Å². The van der Waals surface area contributed by atoms with Gasteiger partial charge in [-0.15, -0.1) is 35.3 Å². The van der Waals surface area contributed by atoms with Crippen LogP contribution in [-0.4, -0.2) is 38.0 Å². The van der Waals surface area contributed by atoms with Crippen molar-refractivity contribution in [2.24, 2.45) is 4.99 Å². The number of benzene rings is 1. The average molecular weight is 542 g/mol. The highest BCUT2D eigenvalue weighted by Crippen LogP contribution is 2.24. The fourth-order valence-electron chi connectivity index (χ4n) is 3.42. The molecule has 0 bridgehead atoms. The van der Waals surface area contributed by atoms with E-state index in [1.807, 2.05) is 49.6 Å². The van der Waals surface area contributed by atoms with Gasteiger partial charge in [-0.25, -0.2) is 0 Å². The van der Waals surface area contributed by atoms with E-state index < -0.39 is 0 Å². The van der Waals surface area contributed by atoms with Gasteiger partial charge in [-0.2, -0.15) is 0 Å². The fraction of sp³-hybridized carbons (Fsp3) is 0.455. The zero-order chi connectivity index (χ0) is 20.5. The Morgan fingerprint density at radius 2 is 1.93 bits per heavy atom. The number of aliphatic imine (C=N–C) groups is 1. The molecule has 1 aliphatic rings. The first-order chi connectivity index (χ1) is 14.2. The molecule has 0 saturated carbocycles. The predicted molar refractivity (Wildman–Crippen MR) is 138 cm³/mol. The van der Waals surface area contributed by atoms with E-state index in [1.165, 1.54) is 5.00 Å². The minimum atomic E-state index is 0. The SMILES string of the molecule is CCCC(=O)Nc1ccc(CNC(=NC)NC2CCN(c3cccs3)CC2)cc1.I. The number of carbonyl (C=O) groups excluding carboxylic acids is 1. The van der Waals surface area contributed by atoms with Crippen molar-refractivity contribution in [1.29, 1.82) is 0 Å². The zero-order valence-electron chi connectivity index (χ0n) is 17.7. The first-order valence-electron chi connectivity index (χ1n) is 10.3. The molecule has 6 nitrogen and oxygen atoms in total. The van der Waals surface area contributed by atoms with Gasteiger partial charge in [0.25, 0.3) is 0 Å². The molecule has 0 atom stereocenters. The van der Waals surface area contributed by atoms with Crippen LogP contribution in [0.1, 0.15) is 38.2 Å². The van der Waals surface area contributed by atoms with Crippen LogP contribution in [0.5, 0.6) is 0 Å². The van der Waals surface area contributed by atoms with Crippen molar-refractivity contribution in [2.45, 2.75) is 45.2 Å². The normalized spacial score (nSPS) is 14.7. The number of guanidine groups is 1. The molecule has 2 heterocycles. The van der Waals surface area contributed by atoms with E-state index in [-0.39, 0.29) is 29.9 Å². The summed E-state index contributed by atoms with van der Waals surface area (Å²) in [5.74, 6) is 0.896. The second kappa shape index (κ2) is 12.8. The van der Waals surface area contributed by atoms with Crippen LogP contribution in [0.3, 0.4) is 0 Å². The lowest BCUT2D eigenvalue weighted by Crippen LogP contribution is -2.48. The highest BCUT2D eigenvalue weighted by molar-refractivity contribution is 14.0. The van der Waals surface area contributed by atoms with E-state index in [0.29, 0.717) is 19.0 Å². The van der Waals surface area contributed by atoms with Crippen LogP contribution in [-0.2, 0) is 11.3 Å². The standard InChI is InChI=1S/C22H31N5OS.HI/c1-3-5-20(28)25-18-9-7-17(8-10-18)16-24-22(23-2)26-19-11-13-27(14-12-19)21-6-4-15-29-21;/h4,6-10,15,19H,3,5,11-14,16H2,1-2H3,(H,25,28)(H2,23,24,26);1H. The Hall–Kier alpha value is -1.81. The average Bonchev–Trinajstić information content (AvgIpc) is 3.28. The number of carbonyl (C=O) groups is 1. The third kappa shape index (κ3) is 7.46. The Morgan fingerprint density at radius 1 is 1.20 bits per heavy atom. The van der Waals surface area contributed by atoms with E-state index in [4.69, 9.17) is 0 Å². The Balaban J connectivity index is 0.00000320. The number of nitrogens with zero attached hydrogens (tertiary/aromatic N) is 2. The molecule has 1 saturated heterocycles. The van der Waals surface area contributed by atoms with Gasteiger partial charge in [-0.05, 0) is 54.5 Å². The van der Waals surface area contributed by atoms with Gasteiger partial charge in [0.1, 0.15) is 0 Å². The fourth-order valence-corrected chi connectivity index (χ4v) is 4.21. The maximum atomic E-state index is 11.7. The van der Waals surface area contributed by atoms with Crippen LogP contribution in [0.15, 0.2) is 46.8 Å². The molecular formula is C22H32IN5OS. The summed E-state index contributed by atoms with van der Waals surface area (Å²) in [5.41, 5.74) is 1.99. The number of rotatable bonds is 7. The minimum Gasteiger partial charge on any atom is -0.363 e. The Bertz CT molecular complexity index is 786. The lowest BCUT2D eigenvalue weighted by atomic mass is 10.1. The molecule has 0 spiro atoms. The minimum absolute atomic E-state index is 0. The smallest absolute Gasteiger partial charge is 0.224 e. The van der Waals surface area contributed by atoms with Gasteiger partial charge in [0.2, 0.25) is 5.91 Å². The molecule has 2 aromatic rings. The van der Waals surface area contributed by atoms with Crippen molar-refractivity contribution < 1.29 is 4.79 Å². The summed E-state index contributed by atoms with van der Waals surface area (Å²) in [6.45, 7) is 4.83. The molecule has 1 fully saturated rings. The number of hydrogen-bond donors (Lipinski definition) is 3. The summed E-state index contributed by atoms with van der Waals surface area (Å²) < 4.78 is 0. The van der Waals surface area contributed by atoms with E-state index in [9.17, 15) is 4.79 Å². The Labute approximate surface area is 200 Å². The second-order valence-corrected chi connectivity index (χ2v) is 8.20. The van der Waals surface area contributed by atoms with Crippen molar-refractivity contribution >= 4 is 57.9 Å². The van der Waals surface area contributed by atoms with E-state index in [0.717, 1.165) is 49.6 Å². The van der Waals surface area contributed by atoms with Crippen molar-refractivity contribution in [3.63, 3.8) is 0 Å². The molecule has 1 aromatic heterocycles. The quantitative estimate of drug-likeness (QED) is 0.276. The second-order valence-electron chi connectivity index (χ2n) is 7.28. The molecule has 0 aliphatic carbocycles. The number of amides is 1. The summed E-state index contributed by atoms with van der Waals surface area (Å²) in [7, 11) is 1.81. The van der Waals surface area contributed by atoms with Crippen molar-refractivity contribution in [1.82, 2.24) is 10.6 Å². The molecule has 0 radical (unpaired) electrons. The van der Waals surface area contributed by atoms with Gasteiger partial charge < -0.3 is 20.9 Å². The third-order valence-electron chi connectivity index (χ3n) is 5.05. The Kier molecular flexibility index (Phi) is 10.4. The van der Waals surface area contributed by atoms with Gasteiger partial charge in [-0.3, -0.25) is 9.79 Å². The lowest BCUT2D eigenvalue weighted by Gasteiger charge is -2.33. The van der Waals surface area contributed by atoms with Crippen LogP contribution in [0, 0.1) is 0 Å². The van der Waals surface area contributed by atoms with Crippen molar-refractivity contribution in [3.8, 4) is 0 Å². The molecule has 1 aromatic carbocycles. The van der Waals surface area contributed by atoms with Crippen LogP contribution in [0.4, 0.5) is 10.7 Å². The summed E-state index contributed by atoms with van der Waals surface area (Å²) in [6.07, 6.45) is 3.61. The monoisotopic (exact) mass is 541 g/mol. The van der Waals surface area contributed by atoms with Gasteiger partial charge in [0, 0.05) is 44.8 Å². The molecule has 3 rings (SSSR count). The van der Waals surface area contributed by atoms with E-state index in [2.05, 4.69) is 43.4 Å².